The predicted octanol–water partition coefficient (Wildman–Crippen LogP) is 2.28. The Bertz CT molecular complexity index is 616. The summed E-state index contributed by atoms with van der Waals surface area (Å²) in [7, 11) is 1.46. The molecule has 2 rings (SSSR count). The fourth-order valence-corrected chi connectivity index (χ4v) is 2.95. The van der Waals surface area contributed by atoms with E-state index in [9.17, 15) is 13.2 Å². The number of amides is 1. The molecule has 1 aliphatic carbocycles. The van der Waals surface area contributed by atoms with Gasteiger partial charge in [0, 0.05) is 17.2 Å². The summed E-state index contributed by atoms with van der Waals surface area (Å²) >= 11 is 3.18. The van der Waals surface area contributed by atoms with Crippen LogP contribution in [0.5, 0.6) is 5.75 Å². The molecule has 8 heteroatoms. The summed E-state index contributed by atoms with van der Waals surface area (Å²) in [4.78, 5) is 11.5. The first-order valence-electron chi connectivity index (χ1n) is 6.00. The Morgan fingerprint density at radius 3 is 2.70 bits per heavy atom. The Kier molecular flexibility index (Phi) is 4.93. The van der Waals surface area contributed by atoms with Crippen LogP contribution in [-0.2, 0) is 13.8 Å². The van der Waals surface area contributed by atoms with Gasteiger partial charge in [-0.25, -0.2) is 8.42 Å². The SMILES string of the molecule is O=C(COc1ccc(S(=O)(=O)Cl)cc1Br)NCC1CC1. The Morgan fingerprint density at radius 2 is 2.15 bits per heavy atom. The van der Waals surface area contributed by atoms with Crippen molar-refractivity contribution in [1.82, 2.24) is 5.32 Å². The fraction of sp³-hybridized carbons (Fsp3) is 0.417. The van der Waals surface area contributed by atoms with Crippen LogP contribution in [0.3, 0.4) is 0 Å². The maximum Gasteiger partial charge on any atom is 0.261 e. The molecule has 1 N–H and O–H groups in total. The highest BCUT2D eigenvalue weighted by Gasteiger charge is 2.21. The molecule has 1 fully saturated rings. The van der Waals surface area contributed by atoms with E-state index in [0.29, 0.717) is 22.7 Å². The minimum absolute atomic E-state index is 0.0309. The third-order valence-electron chi connectivity index (χ3n) is 2.83. The van der Waals surface area contributed by atoms with Gasteiger partial charge in [-0.1, -0.05) is 0 Å². The molecule has 0 heterocycles. The molecule has 110 valence electrons. The van der Waals surface area contributed by atoms with Gasteiger partial charge in [0.05, 0.1) is 9.37 Å². The molecule has 0 aromatic heterocycles. The van der Waals surface area contributed by atoms with Gasteiger partial charge in [0.2, 0.25) is 0 Å². The average Bonchev–Trinajstić information content (AvgIpc) is 3.17. The van der Waals surface area contributed by atoms with E-state index in [2.05, 4.69) is 21.2 Å². The second-order valence-corrected chi connectivity index (χ2v) is 7.99. The molecule has 0 bridgehead atoms. The van der Waals surface area contributed by atoms with Crippen molar-refractivity contribution in [3.05, 3.63) is 22.7 Å². The van der Waals surface area contributed by atoms with Gasteiger partial charge in [-0.2, -0.15) is 0 Å². The molecule has 0 radical (unpaired) electrons. The summed E-state index contributed by atoms with van der Waals surface area (Å²) in [6.45, 7) is 0.574. The average molecular weight is 383 g/mol. The van der Waals surface area contributed by atoms with E-state index in [1.165, 1.54) is 31.0 Å². The smallest absolute Gasteiger partial charge is 0.261 e. The molecule has 0 atom stereocenters. The molecule has 1 aromatic rings. The van der Waals surface area contributed by atoms with Gasteiger partial charge < -0.3 is 10.1 Å². The quantitative estimate of drug-likeness (QED) is 0.766. The van der Waals surface area contributed by atoms with Crippen molar-refractivity contribution >= 4 is 41.6 Å². The Hall–Kier alpha value is -0.790. The summed E-state index contributed by atoms with van der Waals surface area (Å²) in [5.41, 5.74) is 0. The topological polar surface area (TPSA) is 72.5 Å². The standard InChI is InChI=1S/C12H13BrClNO4S/c13-10-5-9(20(14,17)18)3-4-11(10)19-7-12(16)15-6-8-1-2-8/h3-5,8H,1-2,6-7H2,(H,15,16). The highest BCUT2D eigenvalue weighted by Crippen LogP contribution is 2.29. The first kappa shape index (κ1) is 15.6. The first-order chi connectivity index (χ1) is 9.36. The zero-order valence-electron chi connectivity index (χ0n) is 10.4. The summed E-state index contributed by atoms with van der Waals surface area (Å²) in [5, 5.41) is 2.77. The molecule has 20 heavy (non-hydrogen) atoms. The zero-order valence-corrected chi connectivity index (χ0v) is 13.6. The molecular formula is C12H13BrClNO4S. The Labute approximate surface area is 130 Å². The molecule has 1 aliphatic rings. The minimum atomic E-state index is -3.78. The van der Waals surface area contributed by atoms with Crippen molar-refractivity contribution in [3.63, 3.8) is 0 Å². The molecule has 1 amide bonds. The van der Waals surface area contributed by atoms with Crippen LogP contribution in [0.1, 0.15) is 12.8 Å². The van der Waals surface area contributed by atoms with Crippen LogP contribution in [0.25, 0.3) is 0 Å². The number of nitrogens with one attached hydrogen (secondary N) is 1. The lowest BCUT2D eigenvalue weighted by atomic mass is 10.3. The molecule has 0 unspecified atom stereocenters. The lowest BCUT2D eigenvalue weighted by Crippen LogP contribution is -2.30. The van der Waals surface area contributed by atoms with E-state index in [-0.39, 0.29) is 17.4 Å². The summed E-state index contributed by atoms with van der Waals surface area (Å²) in [6.07, 6.45) is 2.34. The number of halogens is 2. The van der Waals surface area contributed by atoms with Crippen LogP contribution in [0.2, 0.25) is 0 Å². The van der Waals surface area contributed by atoms with E-state index in [1.807, 2.05) is 0 Å². The number of carbonyl (C=O) groups is 1. The predicted molar refractivity (Wildman–Crippen MR) is 78.4 cm³/mol. The highest BCUT2D eigenvalue weighted by atomic mass is 79.9. The third-order valence-corrected chi connectivity index (χ3v) is 4.80. The fourth-order valence-electron chi connectivity index (χ4n) is 1.52. The summed E-state index contributed by atoms with van der Waals surface area (Å²) in [5.74, 6) is 0.798. The number of hydrogen-bond donors (Lipinski definition) is 1. The van der Waals surface area contributed by atoms with Crippen LogP contribution in [0.15, 0.2) is 27.6 Å². The minimum Gasteiger partial charge on any atom is -0.483 e. The van der Waals surface area contributed by atoms with Gasteiger partial charge in [0.1, 0.15) is 5.75 Å². The number of hydrogen-bond acceptors (Lipinski definition) is 4. The zero-order chi connectivity index (χ0) is 14.8. The van der Waals surface area contributed by atoms with E-state index in [4.69, 9.17) is 15.4 Å². The van der Waals surface area contributed by atoms with E-state index < -0.39 is 9.05 Å². The van der Waals surface area contributed by atoms with Gasteiger partial charge in [-0.05, 0) is 52.9 Å². The van der Waals surface area contributed by atoms with Crippen LogP contribution >= 0.6 is 26.6 Å². The number of carbonyl (C=O) groups excluding carboxylic acids is 1. The Morgan fingerprint density at radius 1 is 1.45 bits per heavy atom. The number of ether oxygens (including phenoxy) is 1. The first-order valence-corrected chi connectivity index (χ1v) is 9.10. The molecule has 0 spiro atoms. The largest absolute Gasteiger partial charge is 0.483 e. The van der Waals surface area contributed by atoms with Gasteiger partial charge >= 0.3 is 0 Å². The monoisotopic (exact) mass is 381 g/mol. The van der Waals surface area contributed by atoms with Crippen LogP contribution in [0.4, 0.5) is 0 Å². The van der Waals surface area contributed by atoms with Crippen LogP contribution in [-0.4, -0.2) is 27.5 Å². The van der Waals surface area contributed by atoms with Crippen LogP contribution in [0, 0.1) is 5.92 Å². The number of rotatable bonds is 6. The molecule has 0 saturated heterocycles. The molecular weight excluding hydrogens is 370 g/mol. The van der Waals surface area contributed by atoms with Gasteiger partial charge in [0.15, 0.2) is 6.61 Å². The van der Waals surface area contributed by atoms with Gasteiger partial charge in [-0.15, -0.1) is 0 Å². The molecule has 1 saturated carbocycles. The summed E-state index contributed by atoms with van der Waals surface area (Å²) < 4.78 is 28.1. The Balaban J connectivity index is 1.90. The molecule has 0 aliphatic heterocycles. The lowest BCUT2D eigenvalue weighted by Gasteiger charge is -2.09. The van der Waals surface area contributed by atoms with Crippen molar-refractivity contribution in [2.75, 3.05) is 13.2 Å². The maximum absolute atomic E-state index is 11.5. The molecule has 5 nitrogen and oxygen atoms in total. The lowest BCUT2D eigenvalue weighted by molar-refractivity contribution is -0.123. The van der Waals surface area contributed by atoms with Crippen molar-refractivity contribution in [2.24, 2.45) is 5.92 Å². The highest BCUT2D eigenvalue weighted by molar-refractivity contribution is 9.10. The van der Waals surface area contributed by atoms with E-state index in [1.54, 1.807) is 0 Å². The normalized spacial score (nSPS) is 14.9. The van der Waals surface area contributed by atoms with Crippen molar-refractivity contribution in [3.8, 4) is 5.75 Å². The van der Waals surface area contributed by atoms with Crippen molar-refractivity contribution in [1.29, 1.82) is 0 Å². The van der Waals surface area contributed by atoms with Crippen molar-refractivity contribution in [2.45, 2.75) is 17.7 Å². The second-order valence-electron chi connectivity index (χ2n) is 4.57. The number of benzene rings is 1. The van der Waals surface area contributed by atoms with Crippen molar-refractivity contribution < 1.29 is 17.9 Å². The summed E-state index contributed by atoms with van der Waals surface area (Å²) in [6, 6.07) is 4.11. The van der Waals surface area contributed by atoms with Gasteiger partial charge in [-0.3, -0.25) is 4.79 Å². The van der Waals surface area contributed by atoms with Crippen LogP contribution < -0.4 is 10.1 Å². The van der Waals surface area contributed by atoms with Gasteiger partial charge in [0.25, 0.3) is 15.0 Å². The second kappa shape index (κ2) is 6.32. The third kappa shape index (κ3) is 4.64. The maximum atomic E-state index is 11.5. The van der Waals surface area contributed by atoms with E-state index >= 15 is 0 Å². The van der Waals surface area contributed by atoms with E-state index in [0.717, 1.165) is 0 Å². The molecule has 1 aromatic carbocycles.